The van der Waals surface area contributed by atoms with Crippen LogP contribution in [0.25, 0.3) is 0 Å². The standard InChI is InChI=1S/2C14H19NO/c2*1-11-8-15(9-12(2)14(11)16)10-13-6-4-3-5-7-13/h2*3-7,11-12H,8-10H2,1-2H3/t2*11-,12+. The van der Waals surface area contributed by atoms with Gasteiger partial charge in [-0.05, 0) is 11.1 Å². The van der Waals surface area contributed by atoms with E-state index in [1.165, 1.54) is 11.1 Å². The molecule has 2 aliphatic rings. The van der Waals surface area contributed by atoms with Gasteiger partial charge < -0.3 is 0 Å². The summed E-state index contributed by atoms with van der Waals surface area (Å²) in [5.74, 6) is 1.59. The van der Waals surface area contributed by atoms with Crippen LogP contribution in [0.15, 0.2) is 60.7 Å². The lowest BCUT2D eigenvalue weighted by molar-refractivity contribution is -0.130. The predicted molar refractivity (Wildman–Crippen MR) is 130 cm³/mol. The van der Waals surface area contributed by atoms with E-state index in [9.17, 15) is 9.59 Å². The number of carbonyl (C=O) groups excluding carboxylic acids is 2. The molecule has 2 aliphatic heterocycles. The third-order valence-electron chi connectivity index (χ3n) is 6.57. The zero-order valence-electron chi connectivity index (χ0n) is 20.0. The van der Waals surface area contributed by atoms with Gasteiger partial charge in [-0.2, -0.15) is 0 Å². The number of hydrogen-bond donors (Lipinski definition) is 0. The Morgan fingerprint density at radius 3 is 1.12 bits per heavy atom. The van der Waals surface area contributed by atoms with Gasteiger partial charge in [0.15, 0.2) is 0 Å². The van der Waals surface area contributed by atoms with E-state index >= 15 is 0 Å². The first kappa shape index (κ1) is 24.3. The van der Waals surface area contributed by atoms with Gasteiger partial charge in [0, 0.05) is 62.9 Å². The molecule has 172 valence electrons. The summed E-state index contributed by atoms with van der Waals surface area (Å²) in [7, 11) is 0. The van der Waals surface area contributed by atoms with Crippen molar-refractivity contribution in [3.05, 3.63) is 71.8 Å². The Morgan fingerprint density at radius 1 is 0.562 bits per heavy atom. The first-order chi connectivity index (χ1) is 15.3. The maximum Gasteiger partial charge on any atom is 0.141 e. The number of Topliss-reactive ketones (excluding diaryl/α,β-unsaturated/α-hetero) is 2. The van der Waals surface area contributed by atoms with Crippen LogP contribution in [0.5, 0.6) is 0 Å². The minimum absolute atomic E-state index is 0.187. The highest BCUT2D eigenvalue weighted by Gasteiger charge is 2.30. The third kappa shape index (κ3) is 6.85. The van der Waals surface area contributed by atoms with E-state index in [0.29, 0.717) is 11.6 Å². The van der Waals surface area contributed by atoms with Crippen LogP contribution in [0, 0.1) is 23.7 Å². The normalized spacial score (nSPS) is 27.0. The molecule has 2 saturated heterocycles. The largest absolute Gasteiger partial charge is 0.299 e. The van der Waals surface area contributed by atoms with E-state index in [-0.39, 0.29) is 23.7 Å². The Bertz CT molecular complexity index is 766. The van der Waals surface area contributed by atoms with Crippen molar-refractivity contribution < 1.29 is 9.59 Å². The van der Waals surface area contributed by atoms with Crippen LogP contribution >= 0.6 is 0 Å². The second kappa shape index (κ2) is 11.5. The molecule has 0 spiro atoms. The summed E-state index contributed by atoms with van der Waals surface area (Å²) < 4.78 is 0. The van der Waals surface area contributed by atoms with Gasteiger partial charge in [0.05, 0.1) is 0 Å². The molecule has 0 radical (unpaired) electrons. The van der Waals surface area contributed by atoms with Crippen molar-refractivity contribution in [2.75, 3.05) is 26.2 Å². The zero-order valence-corrected chi connectivity index (χ0v) is 20.0. The molecule has 0 bridgehead atoms. The first-order valence-corrected chi connectivity index (χ1v) is 11.9. The molecular formula is C28H38N2O2. The summed E-state index contributed by atoms with van der Waals surface area (Å²) in [6, 6.07) is 20.9. The molecule has 0 saturated carbocycles. The topological polar surface area (TPSA) is 40.6 Å². The first-order valence-electron chi connectivity index (χ1n) is 11.9. The summed E-state index contributed by atoms with van der Waals surface area (Å²) in [5, 5.41) is 0. The molecule has 0 aromatic heterocycles. The number of likely N-dealkylation sites (tertiary alicyclic amines) is 2. The maximum absolute atomic E-state index is 11.7. The molecule has 2 fully saturated rings. The van der Waals surface area contributed by atoms with Crippen LogP contribution in [0.1, 0.15) is 38.8 Å². The minimum Gasteiger partial charge on any atom is -0.299 e. The fourth-order valence-electron chi connectivity index (χ4n) is 4.97. The van der Waals surface area contributed by atoms with E-state index in [4.69, 9.17) is 0 Å². The fourth-order valence-corrected chi connectivity index (χ4v) is 4.97. The SMILES string of the molecule is C[C@@H]1CN(Cc2ccccc2)C[C@H](C)C1=O.C[C@@H]1CN(Cc2ccccc2)C[C@H](C)C1=O. The molecule has 2 aromatic carbocycles. The monoisotopic (exact) mass is 434 g/mol. The third-order valence-corrected chi connectivity index (χ3v) is 6.57. The lowest BCUT2D eigenvalue weighted by Gasteiger charge is -2.33. The smallest absolute Gasteiger partial charge is 0.141 e. The van der Waals surface area contributed by atoms with Gasteiger partial charge in [0.25, 0.3) is 0 Å². The summed E-state index contributed by atoms with van der Waals surface area (Å²) in [6.45, 7) is 13.7. The number of piperidine rings is 2. The van der Waals surface area contributed by atoms with Crippen molar-refractivity contribution >= 4 is 11.6 Å². The van der Waals surface area contributed by atoms with Crippen molar-refractivity contribution in [3.8, 4) is 0 Å². The van der Waals surface area contributed by atoms with Gasteiger partial charge in [-0.15, -0.1) is 0 Å². The Labute approximate surface area is 193 Å². The summed E-state index contributed by atoms with van der Waals surface area (Å²) in [4.78, 5) is 28.2. The van der Waals surface area contributed by atoms with E-state index < -0.39 is 0 Å². The van der Waals surface area contributed by atoms with Crippen LogP contribution in [0.2, 0.25) is 0 Å². The van der Waals surface area contributed by atoms with Crippen molar-refractivity contribution in [1.82, 2.24) is 9.80 Å². The van der Waals surface area contributed by atoms with Crippen LogP contribution in [0.3, 0.4) is 0 Å². The number of hydrogen-bond acceptors (Lipinski definition) is 4. The Hall–Kier alpha value is -2.30. The van der Waals surface area contributed by atoms with Crippen molar-refractivity contribution in [2.24, 2.45) is 23.7 Å². The number of ketones is 2. The van der Waals surface area contributed by atoms with Crippen molar-refractivity contribution in [3.63, 3.8) is 0 Å². The van der Waals surface area contributed by atoms with Gasteiger partial charge in [-0.3, -0.25) is 19.4 Å². The van der Waals surface area contributed by atoms with Crippen LogP contribution < -0.4 is 0 Å². The molecule has 4 nitrogen and oxygen atoms in total. The Kier molecular flexibility index (Phi) is 8.77. The number of nitrogens with zero attached hydrogens (tertiary/aromatic N) is 2. The molecule has 0 amide bonds. The lowest BCUT2D eigenvalue weighted by Crippen LogP contribution is -2.44. The molecule has 4 atom stereocenters. The van der Waals surface area contributed by atoms with E-state index in [2.05, 4.69) is 58.3 Å². The van der Waals surface area contributed by atoms with Gasteiger partial charge in [0.1, 0.15) is 11.6 Å². The molecule has 0 aliphatic carbocycles. The van der Waals surface area contributed by atoms with Crippen molar-refractivity contribution in [2.45, 2.75) is 40.8 Å². The van der Waals surface area contributed by atoms with Gasteiger partial charge in [0.2, 0.25) is 0 Å². The average molecular weight is 435 g/mol. The molecule has 0 N–H and O–H groups in total. The van der Waals surface area contributed by atoms with E-state index in [1.807, 2.05) is 39.8 Å². The predicted octanol–water partition coefficient (Wildman–Crippen LogP) is 4.69. The quantitative estimate of drug-likeness (QED) is 0.700. The van der Waals surface area contributed by atoms with Gasteiger partial charge in [-0.1, -0.05) is 88.4 Å². The summed E-state index contributed by atoms with van der Waals surface area (Å²) >= 11 is 0. The molecule has 2 aromatic rings. The molecule has 4 heteroatoms. The summed E-state index contributed by atoms with van der Waals surface area (Å²) in [5.41, 5.74) is 2.66. The maximum atomic E-state index is 11.7. The van der Waals surface area contributed by atoms with Crippen molar-refractivity contribution in [1.29, 1.82) is 0 Å². The number of carbonyl (C=O) groups is 2. The lowest BCUT2D eigenvalue weighted by atomic mass is 9.90. The van der Waals surface area contributed by atoms with Gasteiger partial charge in [-0.25, -0.2) is 0 Å². The van der Waals surface area contributed by atoms with Crippen LogP contribution in [-0.2, 0) is 22.7 Å². The van der Waals surface area contributed by atoms with Crippen LogP contribution in [0.4, 0.5) is 0 Å². The second-order valence-electron chi connectivity index (χ2n) is 9.77. The summed E-state index contributed by atoms with van der Waals surface area (Å²) in [6.07, 6.45) is 0. The average Bonchev–Trinajstić information content (AvgIpc) is 2.77. The fraction of sp³-hybridized carbons (Fsp3) is 0.500. The number of rotatable bonds is 4. The number of benzene rings is 2. The molecule has 0 unspecified atom stereocenters. The van der Waals surface area contributed by atoms with E-state index in [1.54, 1.807) is 0 Å². The molecule has 4 rings (SSSR count). The highest BCUT2D eigenvalue weighted by molar-refractivity contribution is 5.84. The second-order valence-corrected chi connectivity index (χ2v) is 9.77. The highest BCUT2D eigenvalue weighted by atomic mass is 16.1. The molecular weight excluding hydrogens is 396 g/mol. The zero-order chi connectivity index (χ0) is 23.1. The highest BCUT2D eigenvalue weighted by Crippen LogP contribution is 2.20. The molecule has 32 heavy (non-hydrogen) atoms. The van der Waals surface area contributed by atoms with Crippen LogP contribution in [-0.4, -0.2) is 47.5 Å². The molecule has 2 heterocycles. The minimum atomic E-state index is 0.187. The van der Waals surface area contributed by atoms with E-state index in [0.717, 1.165) is 39.3 Å². The van der Waals surface area contributed by atoms with Gasteiger partial charge >= 0.3 is 0 Å². The Balaban J connectivity index is 0.000000181. The Morgan fingerprint density at radius 2 is 0.844 bits per heavy atom.